The van der Waals surface area contributed by atoms with Gasteiger partial charge in [0.25, 0.3) is 5.56 Å². The third-order valence-electron chi connectivity index (χ3n) is 2.83. The first-order chi connectivity index (χ1) is 9.06. The maximum absolute atomic E-state index is 12.2. The molecule has 5 nitrogen and oxygen atoms in total. The minimum atomic E-state index is -0.500. The van der Waals surface area contributed by atoms with Gasteiger partial charge in [0.15, 0.2) is 0 Å². The highest BCUT2D eigenvalue weighted by atomic mass is 35.5. The maximum atomic E-state index is 12.2. The lowest BCUT2D eigenvalue weighted by molar-refractivity contribution is 0.683. The standard InChI is InChI=1S/C12H14ClN3O2S/c1-3-7-5-14-9(19-7)6-16-11(17)8(4-2)10(13)15-12(16)18/h5H,3-4,6H2,1-2H3,(H,15,18). The number of hydrogen-bond acceptors (Lipinski definition) is 4. The van der Waals surface area contributed by atoms with E-state index >= 15 is 0 Å². The van der Waals surface area contributed by atoms with Crippen molar-refractivity contribution in [2.45, 2.75) is 33.2 Å². The van der Waals surface area contributed by atoms with Gasteiger partial charge in [-0.25, -0.2) is 9.78 Å². The predicted octanol–water partition coefficient (Wildman–Crippen LogP) is 1.82. The van der Waals surface area contributed by atoms with E-state index in [1.165, 1.54) is 11.3 Å². The summed E-state index contributed by atoms with van der Waals surface area (Å²) in [5.41, 5.74) is -0.418. The zero-order valence-electron chi connectivity index (χ0n) is 10.7. The third-order valence-corrected chi connectivity index (χ3v) is 4.28. The van der Waals surface area contributed by atoms with Crippen molar-refractivity contribution in [2.24, 2.45) is 0 Å². The van der Waals surface area contributed by atoms with E-state index in [2.05, 4.69) is 9.97 Å². The smallest absolute Gasteiger partial charge is 0.297 e. The molecule has 0 fully saturated rings. The van der Waals surface area contributed by atoms with Crippen LogP contribution in [0.25, 0.3) is 0 Å². The van der Waals surface area contributed by atoms with Crippen LogP contribution in [-0.4, -0.2) is 14.5 Å². The molecule has 0 unspecified atom stereocenters. The zero-order chi connectivity index (χ0) is 14.0. The highest BCUT2D eigenvalue weighted by Gasteiger charge is 2.12. The van der Waals surface area contributed by atoms with Crippen LogP contribution in [-0.2, 0) is 19.4 Å². The summed E-state index contributed by atoms with van der Waals surface area (Å²) < 4.78 is 1.14. The Kier molecular flexibility index (Phi) is 4.21. The van der Waals surface area contributed by atoms with Crippen LogP contribution in [0.4, 0.5) is 0 Å². The van der Waals surface area contributed by atoms with E-state index in [4.69, 9.17) is 11.6 Å². The van der Waals surface area contributed by atoms with Crippen molar-refractivity contribution in [1.29, 1.82) is 0 Å². The van der Waals surface area contributed by atoms with E-state index in [0.717, 1.165) is 20.9 Å². The summed E-state index contributed by atoms with van der Waals surface area (Å²) in [6.07, 6.45) is 3.14. The number of H-pyrrole nitrogens is 1. The van der Waals surface area contributed by atoms with Gasteiger partial charge < -0.3 is 0 Å². The van der Waals surface area contributed by atoms with E-state index in [1.807, 2.05) is 13.8 Å². The Morgan fingerprint density at radius 2 is 2.11 bits per heavy atom. The zero-order valence-corrected chi connectivity index (χ0v) is 12.3. The molecule has 2 rings (SSSR count). The summed E-state index contributed by atoms with van der Waals surface area (Å²) >= 11 is 7.36. The lowest BCUT2D eigenvalue weighted by atomic mass is 10.2. The van der Waals surface area contributed by atoms with Gasteiger partial charge in [0.05, 0.1) is 12.1 Å². The first-order valence-corrected chi connectivity index (χ1v) is 7.21. The summed E-state index contributed by atoms with van der Waals surface area (Å²) in [6.45, 7) is 4.04. The van der Waals surface area contributed by atoms with Crippen molar-refractivity contribution in [3.8, 4) is 0 Å². The predicted molar refractivity (Wildman–Crippen MR) is 76.3 cm³/mol. The van der Waals surface area contributed by atoms with Crippen molar-refractivity contribution >= 4 is 22.9 Å². The molecule has 2 aromatic rings. The third kappa shape index (κ3) is 2.79. The number of halogens is 1. The molecular formula is C12H14ClN3O2S. The SMILES string of the molecule is CCc1cnc(Cn2c(=O)[nH]c(Cl)c(CC)c2=O)s1. The molecule has 0 aliphatic heterocycles. The fourth-order valence-corrected chi connectivity index (χ4v) is 2.90. The van der Waals surface area contributed by atoms with Crippen molar-refractivity contribution in [1.82, 2.24) is 14.5 Å². The normalized spacial score (nSPS) is 10.9. The van der Waals surface area contributed by atoms with Crippen molar-refractivity contribution < 1.29 is 0 Å². The van der Waals surface area contributed by atoms with Gasteiger partial charge in [-0.1, -0.05) is 25.4 Å². The van der Waals surface area contributed by atoms with Crippen LogP contribution in [0.1, 0.15) is 29.3 Å². The molecular weight excluding hydrogens is 286 g/mol. The molecule has 2 aromatic heterocycles. The molecule has 102 valence electrons. The van der Waals surface area contributed by atoms with E-state index in [0.29, 0.717) is 12.0 Å². The first kappa shape index (κ1) is 14.0. The molecule has 2 heterocycles. The van der Waals surface area contributed by atoms with Gasteiger partial charge in [-0.05, 0) is 12.8 Å². The lowest BCUT2D eigenvalue weighted by Crippen LogP contribution is -2.37. The second-order valence-electron chi connectivity index (χ2n) is 4.04. The molecule has 0 bridgehead atoms. The Hall–Kier alpha value is -1.40. The van der Waals surface area contributed by atoms with Gasteiger partial charge >= 0.3 is 5.69 Å². The van der Waals surface area contributed by atoms with Crippen LogP contribution in [0, 0.1) is 0 Å². The topological polar surface area (TPSA) is 67.8 Å². The molecule has 0 aliphatic carbocycles. The summed E-state index contributed by atoms with van der Waals surface area (Å²) in [7, 11) is 0. The number of thiazole rings is 1. The number of hydrogen-bond donors (Lipinski definition) is 1. The molecule has 7 heteroatoms. The van der Waals surface area contributed by atoms with Gasteiger partial charge in [0.1, 0.15) is 10.2 Å². The average molecular weight is 300 g/mol. The molecule has 0 radical (unpaired) electrons. The van der Waals surface area contributed by atoms with Crippen LogP contribution in [0.2, 0.25) is 5.15 Å². The van der Waals surface area contributed by atoms with E-state index in [1.54, 1.807) is 6.20 Å². The Morgan fingerprint density at radius 3 is 2.68 bits per heavy atom. The molecule has 0 aromatic carbocycles. The summed E-state index contributed by atoms with van der Waals surface area (Å²) in [6, 6.07) is 0. The highest BCUT2D eigenvalue weighted by Crippen LogP contribution is 2.14. The van der Waals surface area contributed by atoms with Gasteiger partial charge in [-0.15, -0.1) is 11.3 Å². The van der Waals surface area contributed by atoms with Gasteiger partial charge in [-0.2, -0.15) is 0 Å². The van der Waals surface area contributed by atoms with Crippen molar-refractivity contribution in [2.75, 3.05) is 0 Å². The molecule has 1 N–H and O–H groups in total. The van der Waals surface area contributed by atoms with Gasteiger partial charge in [0, 0.05) is 11.1 Å². The quantitative estimate of drug-likeness (QED) is 0.876. The Labute approximate surface area is 118 Å². The second-order valence-corrected chi connectivity index (χ2v) is 5.62. The number of rotatable bonds is 4. The number of nitrogens with zero attached hydrogens (tertiary/aromatic N) is 2. The first-order valence-electron chi connectivity index (χ1n) is 6.01. The maximum Gasteiger partial charge on any atom is 0.329 e. The molecule has 0 saturated heterocycles. The van der Waals surface area contributed by atoms with Crippen LogP contribution in [0.5, 0.6) is 0 Å². The average Bonchev–Trinajstić information content (AvgIpc) is 2.82. The Morgan fingerprint density at radius 1 is 1.37 bits per heavy atom. The summed E-state index contributed by atoms with van der Waals surface area (Å²) in [5.74, 6) is 0. The van der Waals surface area contributed by atoms with E-state index < -0.39 is 5.69 Å². The van der Waals surface area contributed by atoms with Crippen molar-refractivity contribution in [3.63, 3.8) is 0 Å². The monoisotopic (exact) mass is 299 g/mol. The van der Waals surface area contributed by atoms with Crippen LogP contribution in [0.15, 0.2) is 15.8 Å². The molecule has 0 spiro atoms. The minimum absolute atomic E-state index is 0.127. The number of aryl methyl sites for hydroxylation is 1. The summed E-state index contributed by atoms with van der Waals surface area (Å²) in [5, 5.41) is 0.871. The minimum Gasteiger partial charge on any atom is -0.297 e. The lowest BCUT2D eigenvalue weighted by Gasteiger charge is -2.06. The van der Waals surface area contributed by atoms with E-state index in [9.17, 15) is 9.59 Å². The second kappa shape index (κ2) is 5.71. The fraction of sp³-hybridized carbons (Fsp3) is 0.417. The molecule has 0 saturated carbocycles. The fourth-order valence-electron chi connectivity index (χ4n) is 1.76. The number of nitrogens with one attached hydrogen (secondary N) is 1. The van der Waals surface area contributed by atoms with Crippen LogP contribution >= 0.6 is 22.9 Å². The Balaban J connectivity index is 2.45. The molecule has 0 aliphatic rings. The highest BCUT2D eigenvalue weighted by molar-refractivity contribution is 7.11. The number of aromatic amines is 1. The van der Waals surface area contributed by atoms with Crippen molar-refractivity contribution in [3.05, 3.63) is 47.6 Å². The van der Waals surface area contributed by atoms with Gasteiger partial charge in [-0.3, -0.25) is 14.3 Å². The van der Waals surface area contributed by atoms with Crippen LogP contribution < -0.4 is 11.2 Å². The van der Waals surface area contributed by atoms with E-state index in [-0.39, 0.29) is 17.3 Å². The largest absolute Gasteiger partial charge is 0.329 e. The molecule has 0 amide bonds. The number of aromatic nitrogens is 3. The molecule has 19 heavy (non-hydrogen) atoms. The Bertz CT molecular complexity index is 702. The molecule has 0 atom stereocenters. The van der Waals surface area contributed by atoms with Crippen LogP contribution in [0.3, 0.4) is 0 Å². The van der Waals surface area contributed by atoms with Gasteiger partial charge in [0.2, 0.25) is 0 Å². The summed E-state index contributed by atoms with van der Waals surface area (Å²) in [4.78, 5) is 31.8.